The number of carbonyl (C=O) groups excluding carboxylic acids is 1. The maximum atomic E-state index is 12.2. The molecule has 0 aromatic heterocycles. The molecule has 2 aromatic rings. The Labute approximate surface area is 165 Å². The van der Waals surface area contributed by atoms with Crippen LogP contribution in [0.25, 0.3) is 0 Å². The van der Waals surface area contributed by atoms with Crippen molar-refractivity contribution in [2.75, 3.05) is 13.1 Å². The van der Waals surface area contributed by atoms with Gasteiger partial charge in [0.15, 0.2) is 0 Å². The number of hydrogen-bond acceptors (Lipinski definition) is 2. The zero-order chi connectivity index (χ0) is 17.6. The molecule has 0 radical (unpaired) electrons. The van der Waals surface area contributed by atoms with Crippen molar-refractivity contribution in [1.82, 2.24) is 10.6 Å². The quantitative estimate of drug-likeness (QED) is 0.702. The maximum absolute atomic E-state index is 12.2. The Hall–Kier alpha value is -1.26. The van der Waals surface area contributed by atoms with E-state index in [1.54, 1.807) is 18.2 Å². The highest BCUT2D eigenvalue weighted by molar-refractivity contribution is 6.42. The molecule has 136 valence electrons. The van der Waals surface area contributed by atoms with E-state index in [-0.39, 0.29) is 23.9 Å². The average molecular weight is 402 g/mol. The van der Waals surface area contributed by atoms with E-state index in [0.717, 1.165) is 13.0 Å². The summed E-state index contributed by atoms with van der Waals surface area (Å²) in [6, 6.07) is 15.2. The van der Waals surface area contributed by atoms with Gasteiger partial charge in [-0.25, -0.2) is 0 Å². The third-order valence-corrected chi connectivity index (χ3v) is 4.47. The fourth-order valence-corrected chi connectivity index (χ4v) is 2.59. The van der Waals surface area contributed by atoms with Crippen molar-refractivity contribution in [3.63, 3.8) is 0 Å². The number of benzene rings is 2. The van der Waals surface area contributed by atoms with Crippen LogP contribution in [0.1, 0.15) is 29.8 Å². The van der Waals surface area contributed by atoms with Crippen molar-refractivity contribution in [2.24, 2.45) is 0 Å². The summed E-state index contributed by atoms with van der Waals surface area (Å²) in [5.41, 5.74) is 1.59. The summed E-state index contributed by atoms with van der Waals surface area (Å²) in [5.74, 6) is -0.161. The Balaban J connectivity index is 0.00000312. The van der Waals surface area contributed by atoms with Gasteiger partial charge in [0.1, 0.15) is 0 Å². The Morgan fingerprint density at radius 1 is 1.04 bits per heavy atom. The molecule has 0 bridgehead atoms. The van der Waals surface area contributed by atoms with Gasteiger partial charge in [0.25, 0.3) is 5.91 Å². The van der Waals surface area contributed by atoms with Gasteiger partial charge in [-0.05, 0) is 50.6 Å². The van der Waals surface area contributed by atoms with Crippen LogP contribution in [-0.4, -0.2) is 24.5 Å². The Morgan fingerprint density at radius 2 is 1.72 bits per heavy atom. The molecule has 0 heterocycles. The molecule has 0 spiro atoms. The summed E-state index contributed by atoms with van der Waals surface area (Å²) < 4.78 is 0. The average Bonchev–Trinajstić information content (AvgIpc) is 2.56. The summed E-state index contributed by atoms with van der Waals surface area (Å²) in [6.07, 6.45) is 0.949. The molecule has 0 aliphatic carbocycles. The van der Waals surface area contributed by atoms with Gasteiger partial charge in [-0.3, -0.25) is 4.79 Å². The minimum Gasteiger partial charge on any atom is -0.350 e. The monoisotopic (exact) mass is 400 g/mol. The van der Waals surface area contributed by atoms with Crippen molar-refractivity contribution < 1.29 is 4.79 Å². The molecule has 0 aliphatic rings. The lowest BCUT2D eigenvalue weighted by Crippen LogP contribution is -2.49. The lowest BCUT2D eigenvalue weighted by Gasteiger charge is -2.27. The number of rotatable bonds is 7. The van der Waals surface area contributed by atoms with Crippen LogP contribution in [0.5, 0.6) is 0 Å². The summed E-state index contributed by atoms with van der Waals surface area (Å²) in [7, 11) is 0. The van der Waals surface area contributed by atoms with Crippen molar-refractivity contribution >= 4 is 41.5 Å². The first-order chi connectivity index (χ1) is 11.4. The predicted molar refractivity (Wildman–Crippen MR) is 108 cm³/mol. The van der Waals surface area contributed by atoms with Crippen LogP contribution in [0.3, 0.4) is 0 Å². The molecule has 6 heteroatoms. The topological polar surface area (TPSA) is 41.1 Å². The lowest BCUT2D eigenvalue weighted by molar-refractivity contribution is 0.0942. The second-order valence-electron chi connectivity index (χ2n) is 6.36. The van der Waals surface area contributed by atoms with Crippen LogP contribution in [0.15, 0.2) is 48.5 Å². The molecular weight excluding hydrogens is 379 g/mol. The van der Waals surface area contributed by atoms with Gasteiger partial charge >= 0.3 is 0 Å². The highest BCUT2D eigenvalue weighted by Crippen LogP contribution is 2.22. The van der Waals surface area contributed by atoms with E-state index in [1.165, 1.54) is 5.56 Å². The van der Waals surface area contributed by atoms with E-state index >= 15 is 0 Å². The SMILES string of the molecule is CC(C)(CNC(=O)c1ccc(Cl)c(Cl)c1)NCCc1ccccc1.Cl. The van der Waals surface area contributed by atoms with E-state index in [4.69, 9.17) is 23.2 Å². The fourth-order valence-electron chi connectivity index (χ4n) is 2.29. The zero-order valence-electron chi connectivity index (χ0n) is 14.3. The van der Waals surface area contributed by atoms with Crippen molar-refractivity contribution in [3.05, 3.63) is 69.7 Å². The summed E-state index contributed by atoms with van der Waals surface area (Å²) in [6.45, 7) is 5.49. The molecule has 0 aliphatic heterocycles. The van der Waals surface area contributed by atoms with Gasteiger partial charge in [-0.1, -0.05) is 53.5 Å². The second-order valence-corrected chi connectivity index (χ2v) is 7.17. The first-order valence-electron chi connectivity index (χ1n) is 7.90. The fraction of sp³-hybridized carbons (Fsp3) is 0.316. The number of nitrogens with one attached hydrogen (secondary N) is 2. The molecule has 25 heavy (non-hydrogen) atoms. The second kappa shape index (κ2) is 10.0. The van der Waals surface area contributed by atoms with Crippen LogP contribution in [0, 0.1) is 0 Å². The van der Waals surface area contributed by atoms with Gasteiger partial charge in [0.05, 0.1) is 10.0 Å². The minimum absolute atomic E-state index is 0. The number of carbonyl (C=O) groups is 1. The van der Waals surface area contributed by atoms with Crippen molar-refractivity contribution in [1.29, 1.82) is 0 Å². The molecule has 0 atom stereocenters. The third kappa shape index (κ3) is 7.25. The maximum Gasteiger partial charge on any atom is 0.251 e. The van der Waals surface area contributed by atoms with Crippen molar-refractivity contribution in [2.45, 2.75) is 25.8 Å². The van der Waals surface area contributed by atoms with Gasteiger partial charge in [-0.15, -0.1) is 12.4 Å². The number of halogens is 3. The molecule has 2 N–H and O–H groups in total. The highest BCUT2D eigenvalue weighted by Gasteiger charge is 2.18. The zero-order valence-corrected chi connectivity index (χ0v) is 16.6. The van der Waals surface area contributed by atoms with Gasteiger partial charge < -0.3 is 10.6 Å². The molecule has 3 nitrogen and oxygen atoms in total. The largest absolute Gasteiger partial charge is 0.350 e. The van der Waals surface area contributed by atoms with E-state index in [1.807, 2.05) is 18.2 Å². The minimum atomic E-state index is -0.208. The van der Waals surface area contributed by atoms with Crippen LogP contribution >= 0.6 is 35.6 Å². The molecule has 1 amide bonds. The molecule has 0 fully saturated rings. The Kier molecular flexibility index (Phi) is 8.74. The van der Waals surface area contributed by atoms with E-state index < -0.39 is 0 Å². The predicted octanol–water partition coefficient (Wildman–Crippen LogP) is 4.76. The van der Waals surface area contributed by atoms with Crippen LogP contribution in [0.2, 0.25) is 10.0 Å². The molecule has 2 rings (SSSR count). The summed E-state index contributed by atoms with van der Waals surface area (Å²) >= 11 is 11.8. The van der Waals surface area contributed by atoms with Gasteiger partial charge in [0.2, 0.25) is 0 Å². The first-order valence-corrected chi connectivity index (χ1v) is 8.65. The molecule has 0 saturated heterocycles. The Bertz CT molecular complexity index is 690. The number of hydrogen-bond donors (Lipinski definition) is 2. The molecular formula is C19H23Cl3N2O. The van der Waals surface area contributed by atoms with Gasteiger partial charge in [0, 0.05) is 17.6 Å². The van der Waals surface area contributed by atoms with Gasteiger partial charge in [-0.2, -0.15) is 0 Å². The van der Waals surface area contributed by atoms with Crippen LogP contribution in [0.4, 0.5) is 0 Å². The van der Waals surface area contributed by atoms with Crippen molar-refractivity contribution in [3.8, 4) is 0 Å². The van der Waals surface area contributed by atoms with E-state index in [0.29, 0.717) is 22.2 Å². The number of amides is 1. The smallest absolute Gasteiger partial charge is 0.251 e. The van der Waals surface area contributed by atoms with Crippen LogP contribution in [-0.2, 0) is 6.42 Å². The lowest BCUT2D eigenvalue weighted by atomic mass is 10.0. The Morgan fingerprint density at radius 3 is 2.36 bits per heavy atom. The summed E-state index contributed by atoms with van der Waals surface area (Å²) in [4.78, 5) is 12.2. The third-order valence-electron chi connectivity index (χ3n) is 3.73. The van der Waals surface area contributed by atoms with E-state index in [2.05, 4.69) is 36.6 Å². The first kappa shape index (κ1) is 21.8. The highest BCUT2D eigenvalue weighted by atomic mass is 35.5. The summed E-state index contributed by atoms with van der Waals surface area (Å²) in [5, 5.41) is 7.22. The molecule has 0 saturated carbocycles. The van der Waals surface area contributed by atoms with Crippen LogP contribution < -0.4 is 10.6 Å². The normalized spacial score (nSPS) is 10.9. The molecule has 2 aromatic carbocycles. The standard InChI is InChI=1S/C19H22Cl2N2O.ClH/c1-19(2,23-11-10-14-6-4-3-5-7-14)13-22-18(24)15-8-9-16(20)17(21)12-15;/h3-9,12,23H,10-11,13H2,1-2H3,(H,22,24);1H. The van der Waals surface area contributed by atoms with E-state index in [9.17, 15) is 4.79 Å². The molecule has 0 unspecified atom stereocenters.